The largest absolute Gasteiger partial charge is 0.304 e. The number of likely N-dealkylation sites (tertiary alicyclic amines) is 2. The first kappa shape index (κ1) is 12.4. The molecule has 0 bridgehead atoms. The van der Waals surface area contributed by atoms with Gasteiger partial charge in [-0.25, -0.2) is 0 Å². The maximum Gasteiger partial charge on any atom is 0.00670 e. The summed E-state index contributed by atoms with van der Waals surface area (Å²) >= 11 is 0. The van der Waals surface area contributed by atoms with Gasteiger partial charge in [0.1, 0.15) is 0 Å². The molecule has 0 spiro atoms. The summed E-state index contributed by atoms with van der Waals surface area (Å²) in [5, 5.41) is 0. The highest BCUT2D eigenvalue weighted by molar-refractivity contribution is 4.80. The predicted octanol–water partition coefficient (Wildman–Crippen LogP) is 2.45. The third kappa shape index (κ3) is 3.21. The van der Waals surface area contributed by atoms with E-state index in [0.717, 1.165) is 17.9 Å². The highest BCUT2D eigenvalue weighted by Crippen LogP contribution is 2.24. The molecule has 0 radical (unpaired) electrons. The zero-order valence-corrected chi connectivity index (χ0v) is 11.3. The van der Waals surface area contributed by atoms with Crippen LogP contribution < -0.4 is 0 Å². The second kappa shape index (κ2) is 5.50. The minimum Gasteiger partial charge on any atom is -0.304 e. The first-order valence-corrected chi connectivity index (χ1v) is 7.07. The first-order valence-electron chi connectivity index (χ1n) is 7.07. The summed E-state index contributed by atoms with van der Waals surface area (Å²) in [5.74, 6) is 1.92. The minimum absolute atomic E-state index is 0.794. The van der Waals surface area contributed by atoms with Crippen molar-refractivity contribution in [2.24, 2.45) is 11.8 Å². The van der Waals surface area contributed by atoms with E-state index in [4.69, 9.17) is 0 Å². The van der Waals surface area contributed by atoms with Crippen LogP contribution in [0.25, 0.3) is 0 Å². The molecule has 2 rings (SSSR count). The van der Waals surface area contributed by atoms with Crippen molar-refractivity contribution in [3.63, 3.8) is 0 Å². The van der Waals surface area contributed by atoms with Gasteiger partial charge in [0.2, 0.25) is 0 Å². The smallest absolute Gasteiger partial charge is 0.00670 e. The van der Waals surface area contributed by atoms with E-state index in [1.54, 1.807) is 0 Å². The van der Waals surface area contributed by atoms with Gasteiger partial charge in [0.15, 0.2) is 0 Å². The van der Waals surface area contributed by atoms with E-state index in [1.807, 2.05) is 0 Å². The van der Waals surface area contributed by atoms with E-state index in [1.165, 1.54) is 51.9 Å². The molecule has 2 nitrogen and oxygen atoms in total. The van der Waals surface area contributed by atoms with Gasteiger partial charge in [-0.15, -0.1) is 0 Å². The van der Waals surface area contributed by atoms with Gasteiger partial charge in [-0.1, -0.05) is 6.92 Å². The van der Waals surface area contributed by atoms with E-state index < -0.39 is 0 Å². The molecule has 2 heteroatoms. The Morgan fingerprint density at radius 3 is 2.31 bits per heavy atom. The molecule has 16 heavy (non-hydrogen) atoms. The van der Waals surface area contributed by atoms with Crippen molar-refractivity contribution in [3.05, 3.63) is 0 Å². The highest BCUT2D eigenvalue weighted by atomic mass is 15.2. The van der Waals surface area contributed by atoms with E-state index >= 15 is 0 Å². The Labute approximate surface area is 101 Å². The first-order chi connectivity index (χ1) is 7.65. The molecule has 2 heterocycles. The summed E-state index contributed by atoms with van der Waals surface area (Å²) < 4.78 is 0. The fraction of sp³-hybridized carbons (Fsp3) is 1.00. The molecule has 2 aliphatic rings. The Hall–Kier alpha value is -0.0800. The molecule has 2 atom stereocenters. The van der Waals surface area contributed by atoms with Crippen LogP contribution in [0.3, 0.4) is 0 Å². The molecule has 0 aliphatic carbocycles. The van der Waals surface area contributed by atoms with Crippen LogP contribution in [0.4, 0.5) is 0 Å². The van der Waals surface area contributed by atoms with Crippen LogP contribution in [0.15, 0.2) is 0 Å². The summed E-state index contributed by atoms with van der Waals surface area (Å²) in [5.41, 5.74) is 0. The predicted molar refractivity (Wildman–Crippen MR) is 69.7 cm³/mol. The molecule has 94 valence electrons. The second-order valence-electron chi connectivity index (χ2n) is 6.20. The zero-order chi connectivity index (χ0) is 11.5. The summed E-state index contributed by atoms with van der Waals surface area (Å²) in [6.45, 7) is 10.1. The fourth-order valence-corrected chi connectivity index (χ4v) is 3.16. The molecule has 2 saturated heterocycles. The number of nitrogens with zero attached hydrogens (tertiary/aromatic N) is 2. The zero-order valence-electron chi connectivity index (χ0n) is 11.3. The SMILES string of the molecule is CC1CCN(C[C@@H]2CCN(C)[C@H](C)C2)CC1. The molecule has 0 saturated carbocycles. The van der Waals surface area contributed by atoms with Gasteiger partial charge in [-0.3, -0.25) is 0 Å². The summed E-state index contributed by atoms with van der Waals surface area (Å²) in [6, 6.07) is 0.794. The molecule has 2 fully saturated rings. The van der Waals surface area contributed by atoms with Gasteiger partial charge in [-0.2, -0.15) is 0 Å². The Bertz CT molecular complexity index is 209. The number of rotatable bonds is 2. The quantitative estimate of drug-likeness (QED) is 0.711. The van der Waals surface area contributed by atoms with Gasteiger partial charge in [0.05, 0.1) is 0 Å². The molecule has 2 aliphatic heterocycles. The molecular weight excluding hydrogens is 196 g/mol. The third-order valence-corrected chi connectivity index (χ3v) is 4.71. The van der Waals surface area contributed by atoms with Crippen LogP contribution in [0.1, 0.15) is 39.5 Å². The number of hydrogen-bond donors (Lipinski definition) is 0. The standard InChI is InChI=1S/C14H28N2/c1-12-4-8-16(9-5-12)11-14-6-7-15(3)13(2)10-14/h12-14H,4-11H2,1-3H3/t13-,14-/m1/s1. The third-order valence-electron chi connectivity index (χ3n) is 4.71. The number of hydrogen-bond acceptors (Lipinski definition) is 2. The normalized spacial score (nSPS) is 35.4. The highest BCUT2D eigenvalue weighted by Gasteiger charge is 2.25. The van der Waals surface area contributed by atoms with Crippen molar-refractivity contribution >= 4 is 0 Å². The molecule has 0 unspecified atom stereocenters. The van der Waals surface area contributed by atoms with Crippen molar-refractivity contribution in [1.29, 1.82) is 0 Å². The Balaban J connectivity index is 1.73. The van der Waals surface area contributed by atoms with Crippen LogP contribution in [0.5, 0.6) is 0 Å². The van der Waals surface area contributed by atoms with Crippen LogP contribution in [0.2, 0.25) is 0 Å². The lowest BCUT2D eigenvalue weighted by atomic mass is 9.90. The fourth-order valence-electron chi connectivity index (χ4n) is 3.16. The maximum absolute atomic E-state index is 2.71. The van der Waals surface area contributed by atoms with Crippen molar-refractivity contribution in [2.45, 2.75) is 45.6 Å². The average Bonchev–Trinajstić information content (AvgIpc) is 2.27. The van der Waals surface area contributed by atoms with E-state index in [9.17, 15) is 0 Å². The summed E-state index contributed by atoms with van der Waals surface area (Å²) in [4.78, 5) is 5.22. The second-order valence-corrected chi connectivity index (χ2v) is 6.20. The molecule has 0 N–H and O–H groups in total. The van der Waals surface area contributed by atoms with Gasteiger partial charge in [-0.05, 0) is 71.1 Å². The van der Waals surface area contributed by atoms with E-state index in [2.05, 4.69) is 30.7 Å². The van der Waals surface area contributed by atoms with Crippen LogP contribution in [0, 0.1) is 11.8 Å². The average molecular weight is 224 g/mol. The van der Waals surface area contributed by atoms with Gasteiger partial charge >= 0.3 is 0 Å². The minimum atomic E-state index is 0.794. The lowest BCUT2D eigenvalue weighted by Gasteiger charge is -2.39. The van der Waals surface area contributed by atoms with Crippen molar-refractivity contribution < 1.29 is 0 Å². The summed E-state index contributed by atoms with van der Waals surface area (Å²) in [7, 11) is 2.27. The molecule has 0 aromatic heterocycles. The van der Waals surface area contributed by atoms with Crippen molar-refractivity contribution in [2.75, 3.05) is 33.2 Å². The van der Waals surface area contributed by atoms with Crippen molar-refractivity contribution in [1.82, 2.24) is 9.80 Å². The van der Waals surface area contributed by atoms with E-state index in [-0.39, 0.29) is 0 Å². The van der Waals surface area contributed by atoms with Gasteiger partial charge in [0.25, 0.3) is 0 Å². The monoisotopic (exact) mass is 224 g/mol. The Morgan fingerprint density at radius 1 is 1.00 bits per heavy atom. The van der Waals surface area contributed by atoms with Gasteiger partial charge < -0.3 is 9.80 Å². The lowest BCUT2D eigenvalue weighted by Crippen LogP contribution is -2.43. The topological polar surface area (TPSA) is 6.48 Å². The molecule has 0 aromatic rings. The van der Waals surface area contributed by atoms with Crippen LogP contribution in [-0.2, 0) is 0 Å². The molecule has 0 amide bonds. The van der Waals surface area contributed by atoms with E-state index in [0.29, 0.717) is 0 Å². The Kier molecular flexibility index (Phi) is 4.26. The molecule has 0 aromatic carbocycles. The van der Waals surface area contributed by atoms with Gasteiger partial charge in [0, 0.05) is 12.6 Å². The maximum atomic E-state index is 2.71. The molecular formula is C14H28N2. The van der Waals surface area contributed by atoms with Crippen LogP contribution >= 0.6 is 0 Å². The lowest BCUT2D eigenvalue weighted by molar-refractivity contribution is 0.104. The van der Waals surface area contributed by atoms with Crippen LogP contribution in [-0.4, -0.2) is 49.1 Å². The van der Waals surface area contributed by atoms with Crippen molar-refractivity contribution in [3.8, 4) is 0 Å². The Morgan fingerprint density at radius 2 is 1.69 bits per heavy atom. The number of piperidine rings is 2. The summed E-state index contributed by atoms with van der Waals surface area (Å²) in [6.07, 6.45) is 5.65.